The summed E-state index contributed by atoms with van der Waals surface area (Å²) in [5, 5.41) is 3.29. The van der Waals surface area contributed by atoms with Gasteiger partial charge in [0.15, 0.2) is 6.61 Å². The van der Waals surface area contributed by atoms with Gasteiger partial charge in [0.05, 0.1) is 5.02 Å². The molecule has 0 unspecified atom stereocenters. The molecule has 0 radical (unpaired) electrons. The van der Waals surface area contributed by atoms with Gasteiger partial charge >= 0.3 is 0 Å². The molecule has 0 spiro atoms. The summed E-state index contributed by atoms with van der Waals surface area (Å²) in [6.45, 7) is 4.90. The van der Waals surface area contributed by atoms with Crippen LogP contribution < -0.4 is 15.6 Å². The van der Waals surface area contributed by atoms with Crippen LogP contribution in [-0.4, -0.2) is 23.6 Å². The number of amides is 1. The molecular formula is C18H21ClN2O3. The Morgan fingerprint density at radius 1 is 1.25 bits per heavy atom. The van der Waals surface area contributed by atoms with Crippen LogP contribution in [0.5, 0.6) is 5.75 Å². The summed E-state index contributed by atoms with van der Waals surface area (Å²) >= 11 is 5.86. The Kier molecular flexibility index (Phi) is 6.44. The third kappa shape index (κ3) is 5.13. The molecule has 1 aromatic carbocycles. The van der Waals surface area contributed by atoms with E-state index in [0.717, 1.165) is 16.9 Å². The normalized spacial score (nSPS) is 10.5. The second-order valence-electron chi connectivity index (χ2n) is 5.57. The highest BCUT2D eigenvalue weighted by atomic mass is 35.5. The zero-order chi connectivity index (χ0) is 17.5. The van der Waals surface area contributed by atoms with E-state index in [0.29, 0.717) is 24.5 Å². The van der Waals surface area contributed by atoms with E-state index in [1.807, 2.05) is 32.0 Å². The molecule has 1 heterocycles. The van der Waals surface area contributed by atoms with Crippen molar-refractivity contribution in [2.45, 2.75) is 26.8 Å². The predicted octanol–water partition coefficient (Wildman–Crippen LogP) is 2.70. The number of carbonyl (C=O) groups is 1. The standard InChI is InChI=1S/C18H21ClN2O3/c1-13-5-3-6-16(14(13)2)24-12-17(22)20-9-4-10-21-11-15(19)7-8-18(21)23/h3,5-8,11H,4,9-10,12H2,1-2H3,(H,20,22). The molecule has 0 bridgehead atoms. The van der Waals surface area contributed by atoms with Gasteiger partial charge in [0.2, 0.25) is 0 Å². The average Bonchev–Trinajstić information content (AvgIpc) is 2.56. The maximum absolute atomic E-state index is 11.8. The van der Waals surface area contributed by atoms with Crippen molar-refractivity contribution in [3.05, 3.63) is 63.0 Å². The third-order valence-corrected chi connectivity index (χ3v) is 3.98. The van der Waals surface area contributed by atoms with Crippen LogP contribution in [-0.2, 0) is 11.3 Å². The van der Waals surface area contributed by atoms with Crippen molar-refractivity contribution in [1.82, 2.24) is 9.88 Å². The second-order valence-corrected chi connectivity index (χ2v) is 6.01. The minimum absolute atomic E-state index is 0.0264. The fourth-order valence-corrected chi connectivity index (χ4v) is 2.41. The summed E-state index contributed by atoms with van der Waals surface area (Å²) in [6.07, 6.45) is 2.23. The number of halogens is 1. The first-order chi connectivity index (χ1) is 11.5. The first-order valence-corrected chi connectivity index (χ1v) is 8.17. The lowest BCUT2D eigenvalue weighted by molar-refractivity contribution is -0.123. The van der Waals surface area contributed by atoms with Gasteiger partial charge in [-0.3, -0.25) is 9.59 Å². The molecule has 0 saturated carbocycles. The SMILES string of the molecule is Cc1cccc(OCC(=O)NCCCn2cc(Cl)ccc2=O)c1C. The van der Waals surface area contributed by atoms with Crippen molar-refractivity contribution in [2.24, 2.45) is 0 Å². The number of ether oxygens (including phenoxy) is 1. The zero-order valence-electron chi connectivity index (χ0n) is 13.8. The molecule has 24 heavy (non-hydrogen) atoms. The van der Waals surface area contributed by atoms with E-state index in [1.165, 1.54) is 10.6 Å². The van der Waals surface area contributed by atoms with Gasteiger partial charge < -0.3 is 14.6 Å². The number of nitrogens with one attached hydrogen (secondary N) is 1. The van der Waals surface area contributed by atoms with Gasteiger partial charge in [-0.05, 0) is 43.5 Å². The highest BCUT2D eigenvalue weighted by molar-refractivity contribution is 6.30. The molecule has 1 N–H and O–H groups in total. The molecule has 2 aromatic rings. The molecule has 0 aliphatic heterocycles. The topological polar surface area (TPSA) is 60.3 Å². The van der Waals surface area contributed by atoms with E-state index in [4.69, 9.17) is 16.3 Å². The lowest BCUT2D eigenvalue weighted by atomic mass is 10.1. The smallest absolute Gasteiger partial charge is 0.257 e. The van der Waals surface area contributed by atoms with Gasteiger partial charge in [-0.15, -0.1) is 0 Å². The molecule has 0 aliphatic rings. The van der Waals surface area contributed by atoms with Gasteiger partial charge in [-0.1, -0.05) is 23.7 Å². The summed E-state index contributed by atoms with van der Waals surface area (Å²) < 4.78 is 7.07. The number of rotatable bonds is 7. The monoisotopic (exact) mass is 348 g/mol. The highest BCUT2D eigenvalue weighted by Gasteiger charge is 2.06. The number of carbonyl (C=O) groups excluding carboxylic acids is 1. The van der Waals surface area contributed by atoms with Crippen LogP contribution in [0, 0.1) is 13.8 Å². The maximum Gasteiger partial charge on any atom is 0.257 e. The minimum atomic E-state index is -0.186. The van der Waals surface area contributed by atoms with Crippen molar-refractivity contribution >= 4 is 17.5 Å². The van der Waals surface area contributed by atoms with E-state index in [1.54, 1.807) is 12.3 Å². The van der Waals surface area contributed by atoms with Gasteiger partial charge in [-0.2, -0.15) is 0 Å². The van der Waals surface area contributed by atoms with Gasteiger partial charge in [0.1, 0.15) is 5.75 Å². The van der Waals surface area contributed by atoms with Crippen molar-refractivity contribution in [2.75, 3.05) is 13.2 Å². The first kappa shape index (κ1) is 18.1. The highest BCUT2D eigenvalue weighted by Crippen LogP contribution is 2.20. The minimum Gasteiger partial charge on any atom is -0.483 e. The van der Waals surface area contributed by atoms with E-state index >= 15 is 0 Å². The largest absolute Gasteiger partial charge is 0.483 e. The summed E-state index contributed by atoms with van der Waals surface area (Å²) in [6, 6.07) is 8.74. The molecule has 5 nitrogen and oxygen atoms in total. The summed E-state index contributed by atoms with van der Waals surface area (Å²) in [4.78, 5) is 23.4. The van der Waals surface area contributed by atoms with E-state index < -0.39 is 0 Å². The third-order valence-electron chi connectivity index (χ3n) is 3.76. The fraction of sp³-hybridized carbons (Fsp3) is 0.333. The molecule has 0 saturated heterocycles. The summed E-state index contributed by atoms with van der Waals surface area (Å²) in [5.41, 5.74) is 2.05. The second kappa shape index (κ2) is 8.55. The van der Waals surface area contributed by atoms with Gasteiger partial charge in [0, 0.05) is 25.4 Å². The van der Waals surface area contributed by atoms with Crippen molar-refractivity contribution < 1.29 is 9.53 Å². The van der Waals surface area contributed by atoms with Gasteiger partial charge in [-0.25, -0.2) is 0 Å². The lowest BCUT2D eigenvalue weighted by Gasteiger charge is -2.11. The quantitative estimate of drug-likeness (QED) is 0.783. The Bertz CT molecular complexity index is 771. The fourth-order valence-electron chi connectivity index (χ4n) is 2.23. The van der Waals surface area contributed by atoms with E-state index in [9.17, 15) is 9.59 Å². The molecule has 1 amide bonds. The Morgan fingerprint density at radius 2 is 2.04 bits per heavy atom. The number of nitrogens with zero attached hydrogens (tertiary/aromatic N) is 1. The zero-order valence-corrected chi connectivity index (χ0v) is 14.6. The molecule has 128 valence electrons. The van der Waals surface area contributed by atoms with Crippen molar-refractivity contribution in [3.63, 3.8) is 0 Å². The van der Waals surface area contributed by atoms with Crippen LogP contribution >= 0.6 is 11.6 Å². The molecule has 0 atom stereocenters. The Labute approximate surface area is 146 Å². The van der Waals surface area contributed by atoms with Crippen molar-refractivity contribution in [3.8, 4) is 5.75 Å². The molecule has 2 rings (SSSR count). The molecule has 6 heteroatoms. The number of aromatic nitrogens is 1. The van der Waals surface area contributed by atoms with Crippen LogP contribution in [0.25, 0.3) is 0 Å². The predicted molar refractivity (Wildman–Crippen MR) is 94.7 cm³/mol. The number of benzene rings is 1. The van der Waals surface area contributed by atoms with Crippen LogP contribution in [0.3, 0.4) is 0 Å². The maximum atomic E-state index is 11.8. The lowest BCUT2D eigenvalue weighted by Crippen LogP contribution is -2.31. The number of aryl methyl sites for hydroxylation is 2. The molecule has 0 fully saturated rings. The van der Waals surface area contributed by atoms with Crippen LogP contribution in [0.1, 0.15) is 17.5 Å². The van der Waals surface area contributed by atoms with Gasteiger partial charge in [0.25, 0.3) is 11.5 Å². The Morgan fingerprint density at radius 3 is 2.83 bits per heavy atom. The Hall–Kier alpha value is -2.27. The molecular weight excluding hydrogens is 328 g/mol. The van der Waals surface area contributed by atoms with Crippen LogP contribution in [0.4, 0.5) is 0 Å². The number of pyridine rings is 1. The van der Waals surface area contributed by atoms with Crippen molar-refractivity contribution in [1.29, 1.82) is 0 Å². The number of hydrogen-bond acceptors (Lipinski definition) is 3. The van der Waals surface area contributed by atoms with Crippen LogP contribution in [0.2, 0.25) is 5.02 Å². The van der Waals surface area contributed by atoms with E-state index in [-0.39, 0.29) is 18.1 Å². The Balaban J connectivity index is 1.73. The summed E-state index contributed by atoms with van der Waals surface area (Å²) in [5.74, 6) is 0.532. The molecule has 1 aromatic heterocycles. The molecule has 0 aliphatic carbocycles. The first-order valence-electron chi connectivity index (χ1n) is 7.79. The number of hydrogen-bond donors (Lipinski definition) is 1. The van der Waals surface area contributed by atoms with E-state index in [2.05, 4.69) is 5.32 Å². The summed E-state index contributed by atoms with van der Waals surface area (Å²) in [7, 11) is 0. The van der Waals surface area contributed by atoms with Crippen LogP contribution in [0.15, 0.2) is 41.3 Å². The average molecular weight is 349 g/mol.